The third-order valence-electron chi connectivity index (χ3n) is 3.29. The molecule has 0 fully saturated rings. The molecule has 0 heterocycles. The zero-order valence-corrected chi connectivity index (χ0v) is 11.9. The van der Waals surface area contributed by atoms with Crippen LogP contribution in [0.2, 0.25) is 0 Å². The molecule has 2 nitrogen and oxygen atoms in total. The Bertz CT molecular complexity index is 439. The minimum absolute atomic E-state index is 0. The van der Waals surface area contributed by atoms with Gasteiger partial charge in [-0.2, -0.15) is 13.2 Å². The van der Waals surface area contributed by atoms with Crippen LogP contribution in [0.25, 0.3) is 0 Å². The summed E-state index contributed by atoms with van der Waals surface area (Å²) in [5.74, 6) is -1.64. The zero-order chi connectivity index (χ0) is 14.8. The number of aliphatic hydroxyl groups is 1. The molecule has 1 unspecified atom stereocenters. The Kier molecular flexibility index (Phi) is 6.93. The third kappa shape index (κ3) is 4.07. The van der Waals surface area contributed by atoms with Crippen molar-refractivity contribution in [3.8, 4) is 0 Å². The fourth-order valence-electron chi connectivity index (χ4n) is 1.81. The first-order valence-corrected chi connectivity index (χ1v) is 5.99. The highest BCUT2D eigenvalue weighted by Crippen LogP contribution is 2.34. The number of nitrogens with two attached hydrogens (primary N) is 1. The van der Waals surface area contributed by atoms with Crippen LogP contribution in [0.15, 0.2) is 18.2 Å². The van der Waals surface area contributed by atoms with Crippen molar-refractivity contribution < 1.29 is 22.7 Å². The molecule has 0 spiro atoms. The number of benzene rings is 1. The molecule has 0 aliphatic carbocycles. The number of aliphatic hydroxyl groups excluding tert-OH is 1. The van der Waals surface area contributed by atoms with Gasteiger partial charge in [-0.1, -0.05) is 32.4 Å². The van der Waals surface area contributed by atoms with Gasteiger partial charge in [-0.25, -0.2) is 4.39 Å². The summed E-state index contributed by atoms with van der Waals surface area (Å²) >= 11 is 0. The Morgan fingerprint density at radius 3 is 2.30 bits per heavy atom. The van der Waals surface area contributed by atoms with E-state index in [2.05, 4.69) is 0 Å². The van der Waals surface area contributed by atoms with Crippen molar-refractivity contribution >= 4 is 12.4 Å². The summed E-state index contributed by atoms with van der Waals surface area (Å²) < 4.78 is 51.6. The van der Waals surface area contributed by atoms with Crippen molar-refractivity contribution in [2.45, 2.75) is 38.6 Å². The van der Waals surface area contributed by atoms with Gasteiger partial charge in [0.05, 0.1) is 17.7 Å². The van der Waals surface area contributed by atoms with E-state index in [1.54, 1.807) is 6.92 Å². The predicted molar refractivity (Wildman–Crippen MR) is 71.0 cm³/mol. The molecular weight excluding hydrogens is 298 g/mol. The van der Waals surface area contributed by atoms with Crippen LogP contribution >= 0.6 is 12.4 Å². The standard InChI is InChI=1S/C13H17F4NO.ClH/c1-3-7(2)12(19)11(18)8-5-4-6-9(10(8)14)13(15,16)17;/h4-7,11-12,19H,3,18H2,1-2H3;1H/t7?,11-,12+;/m1./s1. The second-order valence-electron chi connectivity index (χ2n) is 4.61. The number of alkyl halides is 3. The summed E-state index contributed by atoms with van der Waals surface area (Å²) in [7, 11) is 0. The second-order valence-corrected chi connectivity index (χ2v) is 4.61. The third-order valence-corrected chi connectivity index (χ3v) is 3.29. The lowest BCUT2D eigenvalue weighted by atomic mass is 9.90. The Balaban J connectivity index is 0.00000361. The average molecular weight is 316 g/mol. The molecule has 0 bridgehead atoms. The van der Waals surface area contributed by atoms with E-state index in [1.165, 1.54) is 6.07 Å². The topological polar surface area (TPSA) is 46.2 Å². The van der Waals surface area contributed by atoms with Crippen LogP contribution in [0.4, 0.5) is 17.6 Å². The highest BCUT2D eigenvalue weighted by molar-refractivity contribution is 5.85. The molecule has 7 heteroatoms. The number of hydrogen-bond acceptors (Lipinski definition) is 2. The van der Waals surface area contributed by atoms with Crippen molar-refractivity contribution in [2.24, 2.45) is 11.7 Å². The molecule has 0 aliphatic heterocycles. The molecule has 0 radical (unpaired) electrons. The number of rotatable bonds is 4. The maximum atomic E-state index is 13.8. The molecule has 1 aromatic rings. The van der Waals surface area contributed by atoms with Crippen molar-refractivity contribution in [3.05, 3.63) is 35.1 Å². The van der Waals surface area contributed by atoms with Gasteiger partial charge in [-0.3, -0.25) is 0 Å². The molecule has 1 rings (SSSR count). The van der Waals surface area contributed by atoms with Gasteiger partial charge in [-0.15, -0.1) is 12.4 Å². The van der Waals surface area contributed by atoms with E-state index in [1.807, 2.05) is 6.92 Å². The molecular formula is C13H18ClF4NO. The Hall–Kier alpha value is -0.850. The second kappa shape index (κ2) is 7.24. The van der Waals surface area contributed by atoms with E-state index < -0.39 is 29.7 Å². The average Bonchev–Trinajstić information content (AvgIpc) is 2.35. The largest absolute Gasteiger partial charge is 0.419 e. The normalized spacial score (nSPS) is 16.2. The Labute approximate surface area is 121 Å². The van der Waals surface area contributed by atoms with E-state index in [9.17, 15) is 22.7 Å². The first kappa shape index (κ1) is 19.1. The van der Waals surface area contributed by atoms with Crippen LogP contribution in [0.5, 0.6) is 0 Å². The Morgan fingerprint density at radius 2 is 1.85 bits per heavy atom. The van der Waals surface area contributed by atoms with Crippen molar-refractivity contribution in [2.75, 3.05) is 0 Å². The van der Waals surface area contributed by atoms with Gasteiger partial charge in [0.2, 0.25) is 0 Å². The van der Waals surface area contributed by atoms with Gasteiger partial charge in [0.25, 0.3) is 0 Å². The minimum atomic E-state index is -4.78. The molecule has 0 amide bonds. The summed E-state index contributed by atoms with van der Waals surface area (Å²) in [6.07, 6.45) is -5.28. The predicted octanol–water partition coefficient (Wildman–Crippen LogP) is 3.67. The van der Waals surface area contributed by atoms with Gasteiger partial charge in [0.15, 0.2) is 0 Å². The molecule has 0 aliphatic rings. The summed E-state index contributed by atoms with van der Waals surface area (Å²) in [4.78, 5) is 0. The molecule has 1 aromatic carbocycles. The van der Waals surface area contributed by atoms with Crippen LogP contribution in [-0.4, -0.2) is 11.2 Å². The molecule has 3 atom stereocenters. The number of halogens is 5. The fraction of sp³-hybridized carbons (Fsp3) is 0.538. The molecule has 20 heavy (non-hydrogen) atoms. The molecule has 0 saturated heterocycles. The van der Waals surface area contributed by atoms with E-state index in [4.69, 9.17) is 5.73 Å². The van der Waals surface area contributed by atoms with E-state index in [-0.39, 0.29) is 23.9 Å². The highest BCUT2D eigenvalue weighted by Gasteiger charge is 2.36. The lowest BCUT2D eigenvalue weighted by molar-refractivity contribution is -0.140. The first-order chi connectivity index (χ1) is 8.70. The van der Waals surface area contributed by atoms with Gasteiger partial charge in [-0.05, 0) is 12.0 Å². The van der Waals surface area contributed by atoms with Crippen LogP contribution in [0, 0.1) is 11.7 Å². The molecule has 0 saturated carbocycles. The highest BCUT2D eigenvalue weighted by atomic mass is 35.5. The molecule has 116 valence electrons. The van der Waals surface area contributed by atoms with Crippen molar-refractivity contribution in [1.29, 1.82) is 0 Å². The van der Waals surface area contributed by atoms with Gasteiger partial charge < -0.3 is 10.8 Å². The fourth-order valence-corrected chi connectivity index (χ4v) is 1.81. The summed E-state index contributed by atoms with van der Waals surface area (Å²) in [5.41, 5.74) is 3.99. The smallest absolute Gasteiger partial charge is 0.391 e. The van der Waals surface area contributed by atoms with Crippen LogP contribution < -0.4 is 5.73 Å². The summed E-state index contributed by atoms with van der Waals surface area (Å²) in [6, 6.07) is 1.73. The molecule has 3 N–H and O–H groups in total. The summed E-state index contributed by atoms with van der Waals surface area (Å²) in [5, 5.41) is 9.88. The Morgan fingerprint density at radius 1 is 1.30 bits per heavy atom. The van der Waals surface area contributed by atoms with E-state index >= 15 is 0 Å². The van der Waals surface area contributed by atoms with Crippen LogP contribution in [0.1, 0.15) is 37.4 Å². The maximum absolute atomic E-state index is 13.8. The van der Waals surface area contributed by atoms with Crippen molar-refractivity contribution in [3.63, 3.8) is 0 Å². The van der Waals surface area contributed by atoms with Crippen LogP contribution in [0.3, 0.4) is 0 Å². The van der Waals surface area contributed by atoms with Gasteiger partial charge >= 0.3 is 6.18 Å². The van der Waals surface area contributed by atoms with E-state index in [0.717, 1.165) is 6.07 Å². The monoisotopic (exact) mass is 315 g/mol. The van der Waals surface area contributed by atoms with Gasteiger partial charge in [0.1, 0.15) is 5.82 Å². The number of hydrogen-bond donors (Lipinski definition) is 2. The lowest BCUT2D eigenvalue weighted by Crippen LogP contribution is -2.32. The zero-order valence-electron chi connectivity index (χ0n) is 11.1. The van der Waals surface area contributed by atoms with Crippen LogP contribution in [-0.2, 0) is 6.18 Å². The minimum Gasteiger partial charge on any atom is -0.391 e. The maximum Gasteiger partial charge on any atom is 0.419 e. The SMILES string of the molecule is CCC(C)[C@H](O)[C@H](N)c1cccc(C(F)(F)F)c1F.Cl. The van der Waals surface area contributed by atoms with Crippen molar-refractivity contribution in [1.82, 2.24) is 0 Å². The summed E-state index contributed by atoms with van der Waals surface area (Å²) in [6.45, 7) is 3.51. The lowest BCUT2D eigenvalue weighted by Gasteiger charge is -2.25. The molecule has 0 aromatic heterocycles. The van der Waals surface area contributed by atoms with Gasteiger partial charge in [0, 0.05) is 5.56 Å². The first-order valence-electron chi connectivity index (χ1n) is 5.99. The van der Waals surface area contributed by atoms with E-state index in [0.29, 0.717) is 12.5 Å². The quantitative estimate of drug-likeness (QED) is 0.833.